The lowest BCUT2D eigenvalue weighted by Crippen LogP contribution is -2.17. The van der Waals surface area contributed by atoms with E-state index in [0.29, 0.717) is 34.9 Å². The lowest BCUT2D eigenvalue weighted by Gasteiger charge is -2.19. The number of carbonyl (C=O) groups excluding carboxylic acids is 1. The summed E-state index contributed by atoms with van der Waals surface area (Å²) in [5, 5.41) is 2.65. The summed E-state index contributed by atoms with van der Waals surface area (Å²) < 4.78 is 25.0. The molecule has 0 atom stereocenters. The van der Waals surface area contributed by atoms with Gasteiger partial charge in [-0.1, -0.05) is 6.07 Å². The molecule has 0 aromatic heterocycles. The molecular formula is C15H11BrFNO3. The molecule has 0 radical (unpaired) electrons. The number of amides is 1. The summed E-state index contributed by atoms with van der Waals surface area (Å²) in [6.07, 6.45) is 0. The topological polar surface area (TPSA) is 47.6 Å². The van der Waals surface area contributed by atoms with Gasteiger partial charge in [0.1, 0.15) is 19.0 Å². The van der Waals surface area contributed by atoms with E-state index in [9.17, 15) is 9.18 Å². The van der Waals surface area contributed by atoms with E-state index in [1.165, 1.54) is 12.1 Å². The van der Waals surface area contributed by atoms with Gasteiger partial charge in [-0.2, -0.15) is 0 Å². The number of nitrogens with one attached hydrogen (secondary N) is 1. The zero-order chi connectivity index (χ0) is 14.8. The van der Waals surface area contributed by atoms with E-state index in [1.807, 2.05) is 0 Å². The molecule has 1 amide bonds. The van der Waals surface area contributed by atoms with Crippen LogP contribution in [0.1, 0.15) is 10.4 Å². The number of rotatable bonds is 2. The maximum atomic E-state index is 13.7. The number of halogens is 2. The van der Waals surface area contributed by atoms with Crippen LogP contribution in [0.4, 0.5) is 10.1 Å². The molecule has 2 aromatic rings. The zero-order valence-corrected chi connectivity index (χ0v) is 12.4. The molecule has 0 spiro atoms. The number of ether oxygens (including phenoxy) is 2. The van der Waals surface area contributed by atoms with Crippen LogP contribution in [0.15, 0.2) is 40.9 Å². The first-order chi connectivity index (χ1) is 10.1. The minimum absolute atomic E-state index is 0.0348. The Morgan fingerprint density at radius 1 is 1.14 bits per heavy atom. The smallest absolute Gasteiger partial charge is 0.259 e. The molecule has 6 heteroatoms. The van der Waals surface area contributed by atoms with E-state index < -0.39 is 11.7 Å². The van der Waals surface area contributed by atoms with Gasteiger partial charge in [0.05, 0.1) is 5.56 Å². The number of benzene rings is 2. The summed E-state index contributed by atoms with van der Waals surface area (Å²) in [6, 6.07) is 9.42. The predicted octanol–water partition coefficient (Wildman–Crippen LogP) is 3.61. The summed E-state index contributed by atoms with van der Waals surface area (Å²) in [5.41, 5.74) is 0.479. The molecule has 0 bridgehead atoms. The van der Waals surface area contributed by atoms with Crippen LogP contribution in [-0.2, 0) is 0 Å². The number of anilines is 1. The van der Waals surface area contributed by atoms with Crippen LogP contribution in [0.25, 0.3) is 0 Å². The van der Waals surface area contributed by atoms with Gasteiger partial charge >= 0.3 is 0 Å². The van der Waals surface area contributed by atoms with Crippen molar-refractivity contribution in [1.29, 1.82) is 0 Å². The van der Waals surface area contributed by atoms with Crippen LogP contribution in [0.3, 0.4) is 0 Å². The van der Waals surface area contributed by atoms with Gasteiger partial charge in [-0.15, -0.1) is 0 Å². The molecule has 0 unspecified atom stereocenters. The molecule has 1 N–H and O–H groups in total. The Kier molecular flexibility index (Phi) is 3.79. The molecule has 1 heterocycles. The second kappa shape index (κ2) is 5.73. The van der Waals surface area contributed by atoms with Gasteiger partial charge in [0.25, 0.3) is 5.91 Å². The highest BCUT2D eigenvalue weighted by Gasteiger charge is 2.17. The van der Waals surface area contributed by atoms with Crippen LogP contribution < -0.4 is 14.8 Å². The van der Waals surface area contributed by atoms with E-state index in [4.69, 9.17) is 9.47 Å². The third-order valence-corrected chi connectivity index (χ3v) is 3.65. The Labute approximate surface area is 129 Å². The molecule has 1 aliphatic heterocycles. The van der Waals surface area contributed by atoms with Gasteiger partial charge in [0.2, 0.25) is 0 Å². The monoisotopic (exact) mass is 351 g/mol. The average Bonchev–Trinajstić information content (AvgIpc) is 2.47. The SMILES string of the molecule is O=C(Nc1ccc2c(c1)OCCO2)c1c(F)cccc1Br. The normalized spacial score (nSPS) is 12.9. The molecule has 0 saturated carbocycles. The quantitative estimate of drug-likeness (QED) is 0.898. The van der Waals surface area contributed by atoms with Crippen molar-refractivity contribution in [1.82, 2.24) is 0 Å². The highest BCUT2D eigenvalue weighted by atomic mass is 79.9. The van der Waals surface area contributed by atoms with Crippen molar-refractivity contribution in [2.45, 2.75) is 0 Å². The fraction of sp³-hybridized carbons (Fsp3) is 0.133. The fourth-order valence-corrected chi connectivity index (χ4v) is 2.55. The lowest BCUT2D eigenvalue weighted by atomic mass is 10.2. The second-order valence-electron chi connectivity index (χ2n) is 4.41. The number of fused-ring (bicyclic) bond motifs is 1. The van der Waals surface area contributed by atoms with E-state index in [2.05, 4.69) is 21.2 Å². The first kappa shape index (κ1) is 13.9. The largest absolute Gasteiger partial charge is 0.486 e. The standard InChI is InChI=1S/C15H11BrFNO3/c16-10-2-1-3-11(17)14(10)15(19)18-9-4-5-12-13(8-9)21-7-6-20-12/h1-5,8H,6-7H2,(H,18,19). The van der Waals surface area contributed by atoms with Crippen molar-refractivity contribution in [3.8, 4) is 11.5 Å². The average molecular weight is 352 g/mol. The maximum absolute atomic E-state index is 13.7. The number of carbonyl (C=O) groups is 1. The zero-order valence-electron chi connectivity index (χ0n) is 10.9. The third kappa shape index (κ3) is 2.85. The van der Waals surface area contributed by atoms with Gasteiger partial charge in [-0.3, -0.25) is 4.79 Å². The van der Waals surface area contributed by atoms with Gasteiger partial charge in [0.15, 0.2) is 11.5 Å². The molecule has 2 aromatic carbocycles. The van der Waals surface area contributed by atoms with Gasteiger partial charge in [-0.25, -0.2) is 4.39 Å². The van der Waals surface area contributed by atoms with E-state index >= 15 is 0 Å². The number of hydrogen-bond donors (Lipinski definition) is 1. The minimum atomic E-state index is -0.584. The Balaban J connectivity index is 1.85. The predicted molar refractivity (Wildman–Crippen MR) is 79.5 cm³/mol. The van der Waals surface area contributed by atoms with E-state index in [1.54, 1.807) is 24.3 Å². The summed E-state index contributed by atoms with van der Waals surface area (Å²) in [5.74, 6) is 0.0778. The van der Waals surface area contributed by atoms with Crippen LogP contribution in [0, 0.1) is 5.82 Å². The maximum Gasteiger partial charge on any atom is 0.259 e. The van der Waals surface area contributed by atoms with Gasteiger partial charge < -0.3 is 14.8 Å². The molecule has 0 aliphatic carbocycles. The highest BCUT2D eigenvalue weighted by Crippen LogP contribution is 2.33. The highest BCUT2D eigenvalue weighted by molar-refractivity contribution is 9.10. The van der Waals surface area contributed by atoms with Crippen LogP contribution in [0.2, 0.25) is 0 Å². The first-order valence-electron chi connectivity index (χ1n) is 6.30. The molecule has 1 aliphatic rings. The molecule has 3 rings (SSSR count). The van der Waals surface area contributed by atoms with Crippen LogP contribution in [0.5, 0.6) is 11.5 Å². The van der Waals surface area contributed by atoms with Gasteiger partial charge in [-0.05, 0) is 40.2 Å². The van der Waals surface area contributed by atoms with Crippen molar-refractivity contribution in [3.05, 3.63) is 52.3 Å². The molecular weight excluding hydrogens is 341 g/mol. The Morgan fingerprint density at radius 3 is 2.67 bits per heavy atom. The van der Waals surface area contributed by atoms with Crippen molar-refractivity contribution in [2.24, 2.45) is 0 Å². The van der Waals surface area contributed by atoms with Crippen molar-refractivity contribution in [3.63, 3.8) is 0 Å². The summed E-state index contributed by atoms with van der Waals surface area (Å²) in [6.45, 7) is 0.962. The second-order valence-corrected chi connectivity index (χ2v) is 5.26. The van der Waals surface area contributed by atoms with Crippen LogP contribution >= 0.6 is 15.9 Å². The lowest BCUT2D eigenvalue weighted by molar-refractivity contribution is 0.102. The van der Waals surface area contributed by atoms with Crippen LogP contribution in [-0.4, -0.2) is 19.1 Å². The van der Waals surface area contributed by atoms with E-state index in [-0.39, 0.29) is 5.56 Å². The fourth-order valence-electron chi connectivity index (χ4n) is 2.03. The van der Waals surface area contributed by atoms with Crippen molar-refractivity contribution in [2.75, 3.05) is 18.5 Å². The summed E-state index contributed by atoms with van der Waals surface area (Å²) in [7, 11) is 0. The Bertz CT molecular complexity index is 685. The number of hydrogen-bond acceptors (Lipinski definition) is 3. The minimum Gasteiger partial charge on any atom is -0.486 e. The van der Waals surface area contributed by atoms with Gasteiger partial charge in [0, 0.05) is 16.2 Å². The first-order valence-corrected chi connectivity index (χ1v) is 7.09. The molecule has 4 nitrogen and oxygen atoms in total. The molecule has 0 saturated heterocycles. The van der Waals surface area contributed by atoms with E-state index in [0.717, 1.165) is 0 Å². The summed E-state index contributed by atoms with van der Waals surface area (Å²) in [4.78, 5) is 12.2. The van der Waals surface area contributed by atoms with Crippen molar-refractivity contribution < 1.29 is 18.7 Å². The molecule has 108 valence electrons. The third-order valence-electron chi connectivity index (χ3n) is 2.99. The Morgan fingerprint density at radius 2 is 1.90 bits per heavy atom. The molecule has 0 fully saturated rings. The molecule has 21 heavy (non-hydrogen) atoms. The van der Waals surface area contributed by atoms with Crippen molar-refractivity contribution >= 4 is 27.5 Å². The Hall–Kier alpha value is -2.08. The summed E-state index contributed by atoms with van der Waals surface area (Å²) >= 11 is 3.18.